The SMILES string of the molecule is O=Cc1cccc(CC2CC2)c1. The summed E-state index contributed by atoms with van der Waals surface area (Å²) in [4.78, 5) is 10.5. The van der Waals surface area contributed by atoms with E-state index in [0.717, 1.165) is 24.2 Å². The first-order valence-electron chi connectivity index (χ1n) is 4.42. The molecule has 1 saturated carbocycles. The van der Waals surface area contributed by atoms with E-state index in [4.69, 9.17) is 0 Å². The highest BCUT2D eigenvalue weighted by Crippen LogP contribution is 2.32. The molecule has 0 heterocycles. The van der Waals surface area contributed by atoms with Gasteiger partial charge in [0.1, 0.15) is 6.29 Å². The third-order valence-corrected chi connectivity index (χ3v) is 2.31. The Balaban J connectivity index is 2.13. The van der Waals surface area contributed by atoms with Gasteiger partial charge in [-0.25, -0.2) is 0 Å². The Labute approximate surface area is 72.4 Å². The Morgan fingerprint density at radius 2 is 2.25 bits per heavy atom. The number of rotatable bonds is 3. The summed E-state index contributed by atoms with van der Waals surface area (Å²) in [6.45, 7) is 0. The smallest absolute Gasteiger partial charge is 0.150 e. The second kappa shape index (κ2) is 3.10. The minimum Gasteiger partial charge on any atom is -0.298 e. The number of hydrogen-bond acceptors (Lipinski definition) is 1. The summed E-state index contributed by atoms with van der Waals surface area (Å²) < 4.78 is 0. The van der Waals surface area contributed by atoms with Gasteiger partial charge in [-0.15, -0.1) is 0 Å². The van der Waals surface area contributed by atoms with Crippen LogP contribution in [0.4, 0.5) is 0 Å². The second-order valence-electron chi connectivity index (χ2n) is 3.51. The summed E-state index contributed by atoms with van der Waals surface area (Å²) in [5.74, 6) is 0.895. The molecule has 0 N–H and O–H groups in total. The molecule has 1 nitrogen and oxygen atoms in total. The number of aldehydes is 1. The first kappa shape index (κ1) is 7.53. The molecule has 2 rings (SSSR count). The van der Waals surface area contributed by atoms with Crippen LogP contribution in [0.5, 0.6) is 0 Å². The Morgan fingerprint density at radius 1 is 1.42 bits per heavy atom. The lowest BCUT2D eigenvalue weighted by Crippen LogP contribution is -1.88. The Hall–Kier alpha value is -1.11. The largest absolute Gasteiger partial charge is 0.298 e. The number of benzene rings is 1. The van der Waals surface area contributed by atoms with E-state index in [2.05, 4.69) is 6.07 Å². The van der Waals surface area contributed by atoms with Crippen molar-refractivity contribution < 1.29 is 4.79 Å². The summed E-state index contributed by atoms with van der Waals surface area (Å²) in [6.07, 6.45) is 4.80. The normalized spacial score (nSPS) is 16.0. The highest BCUT2D eigenvalue weighted by Gasteiger charge is 2.21. The molecule has 0 unspecified atom stereocenters. The van der Waals surface area contributed by atoms with E-state index in [9.17, 15) is 4.79 Å². The van der Waals surface area contributed by atoms with E-state index in [-0.39, 0.29) is 0 Å². The van der Waals surface area contributed by atoms with Gasteiger partial charge in [-0.05, 0) is 36.8 Å². The molecular formula is C11H12O. The lowest BCUT2D eigenvalue weighted by molar-refractivity contribution is 0.112. The van der Waals surface area contributed by atoms with Crippen LogP contribution >= 0.6 is 0 Å². The molecule has 0 amide bonds. The minimum atomic E-state index is 0.799. The van der Waals surface area contributed by atoms with Crippen LogP contribution in [0.2, 0.25) is 0 Å². The summed E-state index contributed by atoms with van der Waals surface area (Å²) in [5.41, 5.74) is 2.11. The van der Waals surface area contributed by atoms with Crippen molar-refractivity contribution in [2.24, 2.45) is 5.92 Å². The zero-order valence-electron chi connectivity index (χ0n) is 6.99. The van der Waals surface area contributed by atoms with Crippen LogP contribution < -0.4 is 0 Å². The second-order valence-corrected chi connectivity index (χ2v) is 3.51. The summed E-state index contributed by atoms with van der Waals surface area (Å²) in [5, 5.41) is 0. The molecule has 1 aromatic rings. The van der Waals surface area contributed by atoms with Crippen molar-refractivity contribution in [2.45, 2.75) is 19.3 Å². The molecule has 12 heavy (non-hydrogen) atoms. The molecule has 62 valence electrons. The van der Waals surface area contributed by atoms with Crippen LogP contribution in [-0.4, -0.2) is 6.29 Å². The highest BCUT2D eigenvalue weighted by molar-refractivity contribution is 5.74. The van der Waals surface area contributed by atoms with Crippen molar-refractivity contribution in [3.8, 4) is 0 Å². The van der Waals surface area contributed by atoms with Crippen LogP contribution in [0.15, 0.2) is 24.3 Å². The third kappa shape index (κ3) is 1.73. The van der Waals surface area contributed by atoms with Gasteiger partial charge in [0, 0.05) is 5.56 Å². The van der Waals surface area contributed by atoms with Crippen molar-refractivity contribution in [3.63, 3.8) is 0 Å². The van der Waals surface area contributed by atoms with Crippen molar-refractivity contribution in [1.82, 2.24) is 0 Å². The molecule has 1 fully saturated rings. The Morgan fingerprint density at radius 3 is 2.92 bits per heavy atom. The van der Waals surface area contributed by atoms with Crippen molar-refractivity contribution in [2.75, 3.05) is 0 Å². The molecule has 0 bridgehead atoms. The molecule has 0 aromatic heterocycles. The molecule has 1 aromatic carbocycles. The van der Waals surface area contributed by atoms with Gasteiger partial charge in [-0.3, -0.25) is 4.79 Å². The Bertz CT molecular complexity index is 287. The van der Waals surface area contributed by atoms with Crippen LogP contribution in [-0.2, 0) is 6.42 Å². The Kier molecular flexibility index (Phi) is 1.94. The zero-order valence-corrected chi connectivity index (χ0v) is 6.99. The van der Waals surface area contributed by atoms with Gasteiger partial charge in [-0.1, -0.05) is 18.2 Å². The molecule has 1 heteroatoms. The fraction of sp³-hybridized carbons (Fsp3) is 0.364. The number of hydrogen-bond donors (Lipinski definition) is 0. The summed E-state index contributed by atoms with van der Waals surface area (Å²) in [6, 6.07) is 7.90. The van der Waals surface area contributed by atoms with E-state index in [1.54, 1.807) is 0 Å². The predicted octanol–water partition coefficient (Wildman–Crippen LogP) is 2.45. The first-order chi connectivity index (χ1) is 5.88. The fourth-order valence-corrected chi connectivity index (χ4v) is 1.45. The number of carbonyl (C=O) groups excluding carboxylic acids is 1. The van der Waals surface area contributed by atoms with E-state index in [0.29, 0.717) is 0 Å². The molecular weight excluding hydrogens is 148 g/mol. The van der Waals surface area contributed by atoms with Crippen LogP contribution in [0.25, 0.3) is 0 Å². The van der Waals surface area contributed by atoms with E-state index >= 15 is 0 Å². The van der Waals surface area contributed by atoms with Gasteiger partial charge in [0.15, 0.2) is 0 Å². The van der Waals surface area contributed by atoms with E-state index in [1.807, 2.05) is 18.2 Å². The zero-order chi connectivity index (χ0) is 8.39. The predicted molar refractivity (Wildman–Crippen MR) is 48.3 cm³/mol. The lowest BCUT2D eigenvalue weighted by atomic mass is 10.1. The van der Waals surface area contributed by atoms with Crippen molar-refractivity contribution in [3.05, 3.63) is 35.4 Å². The third-order valence-electron chi connectivity index (χ3n) is 2.31. The maximum atomic E-state index is 10.5. The van der Waals surface area contributed by atoms with Gasteiger partial charge in [0.2, 0.25) is 0 Å². The van der Waals surface area contributed by atoms with Gasteiger partial charge in [0.25, 0.3) is 0 Å². The minimum absolute atomic E-state index is 0.799. The average molecular weight is 160 g/mol. The lowest BCUT2D eigenvalue weighted by Gasteiger charge is -1.98. The van der Waals surface area contributed by atoms with Gasteiger partial charge < -0.3 is 0 Å². The molecule has 0 spiro atoms. The first-order valence-corrected chi connectivity index (χ1v) is 4.42. The topological polar surface area (TPSA) is 17.1 Å². The maximum absolute atomic E-state index is 10.5. The molecule has 0 radical (unpaired) electrons. The molecule has 1 aliphatic rings. The van der Waals surface area contributed by atoms with Crippen LogP contribution in [0.3, 0.4) is 0 Å². The summed E-state index contributed by atoms with van der Waals surface area (Å²) >= 11 is 0. The average Bonchev–Trinajstić information content (AvgIpc) is 2.89. The molecule has 0 aliphatic heterocycles. The fourth-order valence-electron chi connectivity index (χ4n) is 1.45. The van der Waals surface area contributed by atoms with Gasteiger partial charge >= 0.3 is 0 Å². The van der Waals surface area contributed by atoms with E-state index in [1.165, 1.54) is 18.4 Å². The van der Waals surface area contributed by atoms with Crippen LogP contribution in [0.1, 0.15) is 28.8 Å². The quantitative estimate of drug-likeness (QED) is 0.621. The summed E-state index contributed by atoms with van der Waals surface area (Å²) in [7, 11) is 0. The standard InChI is InChI=1S/C11H12O/c12-8-11-3-1-2-10(7-11)6-9-4-5-9/h1-3,7-9H,4-6H2. The van der Waals surface area contributed by atoms with Crippen LogP contribution in [0, 0.1) is 5.92 Å². The molecule has 1 aliphatic carbocycles. The van der Waals surface area contributed by atoms with Crippen molar-refractivity contribution in [1.29, 1.82) is 0 Å². The van der Waals surface area contributed by atoms with E-state index < -0.39 is 0 Å². The molecule has 0 atom stereocenters. The highest BCUT2D eigenvalue weighted by atomic mass is 16.1. The monoisotopic (exact) mass is 160 g/mol. The number of carbonyl (C=O) groups is 1. The van der Waals surface area contributed by atoms with Crippen molar-refractivity contribution >= 4 is 6.29 Å². The van der Waals surface area contributed by atoms with Gasteiger partial charge in [-0.2, -0.15) is 0 Å². The maximum Gasteiger partial charge on any atom is 0.150 e. The van der Waals surface area contributed by atoms with Gasteiger partial charge in [0.05, 0.1) is 0 Å². The molecule has 0 saturated heterocycles.